The van der Waals surface area contributed by atoms with Crippen molar-refractivity contribution < 1.29 is 18.0 Å². The summed E-state index contributed by atoms with van der Waals surface area (Å²) >= 11 is 0. The predicted molar refractivity (Wildman–Crippen MR) is 108 cm³/mol. The smallest absolute Gasteiger partial charge is 0.319 e. The van der Waals surface area contributed by atoms with Crippen LogP contribution in [-0.4, -0.2) is 33.0 Å². The van der Waals surface area contributed by atoms with Gasteiger partial charge in [0.05, 0.1) is 0 Å². The summed E-state index contributed by atoms with van der Waals surface area (Å²) in [4.78, 5) is 21.4. The Morgan fingerprint density at radius 3 is 2.68 bits per heavy atom. The fourth-order valence-corrected chi connectivity index (χ4v) is 4.56. The van der Waals surface area contributed by atoms with Crippen molar-refractivity contribution in [2.24, 2.45) is 5.92 Å². The summed E-state index contributed by atoms with van der Waals surface area (Å²) in [7, 11) is 0. The van der Waals surface area contributed by atoms with Crippen molar-refractivity contribution >= 4 is 22.8 Å². The van der Waals surface area contributed by atoms with Crippen LogP contribution in [0.1, 0.15) is 41.6 Å². The van der Waals surface area contributed by atoms with Crippen LogP contribution < -0.4 is 16.2 Å². The molecule has 1 saturated carbocycles. The largest absolute Gasteiger partial charge is 0.433 e. The molecule has 162 valence electrons. The number of benzene rings is 1. The number of imidazole rings is 1. The zero-order valence-corrected chi connectivity index (χ0v) is 16.5. The van der Waals surface area contributed by atoms with Crippen molar-refractivity contribution in [2.45, 2.75) is 37.5 Å². The van der Waals surface area contributed by atoms with E-state index in [0.29, 0.717) is 24.1 Å². The minimum Gasteiger partial charge on any atom is -0.319 e. The number of hydrogen-bond donors (Lipinski definition) is 3. The van der Waals surface area contributed by atoms with Gasteiger partial charge in [-0.05, 0) is 49.4 Å². The Morgan fingerprint density at radius 1 is 1.10 bits per heavy atom. The molecule has 2 aliphatic rings. The molecule has 7 nitrogen and oxygen atoms in total. The van der Waals surface area contributed by atoms with Crippen LogP contribution in [0.3, 0.4) is 0 Å². The third kappa shape index (κ3) is 3.77. The number of nitrogens with one attached hydrogen (secondary N) is 3. The molecule has 3 aromatic rings. The average molecular weight is 430 g/mol. The minimum atomic E-state index is -4.58. The molecule has 3 N–H and O–H groups in total. The van der Waals surface area contributed by atoms with Gasteiger partial charge in [-0.1, -0.05) is 18.2 Å². The number of carbonyl (C=O) groups excluding carboxylic acids is 1. The van der Waals surface area contributed by atoms with Gasteiger partial charge in [-0.15, -0.1) is 0 Å². The van der Waals surface area contributed by atoms with Gasteiger partial charge >= 0.3 is 6.18 Å². The van der Waals surface area contributed by atoms with E-state index in [1.807, 2.05) is 6.07 Å². The normalized spacial score (nSPS) is 23.6. The second kappa shape index (κ2) is 7.61. The number of para-hydroxylation sites is 1. The molecule has 3 unspecified atom stereocenters. The average Bonchev–Trinajstić information content (AvgIpc) is 3.37. The predicted octanol–water partition coefficient (Wildman–Crippen LogP) is 3.52. The number of rotatable bonds is 3. The molecule has 1 saturated heterocycles. The fourth-order valence-electron chi connectivity index (χ4n) is 4.56. The van der Waals surface area contributed by atoms with E-state index in [1.54, 1.807) is 28.8 Å². The molecular weight excluding hydrogens is 409 g/mol. The molecule has 1 aromatic carbocycles. The molecule has 5 rings (SSSR count). The molecule has 31 heavy (non-hydrogen) atoms. The Balaban J connectivity index is 1.58. The number of amides is 1. The van der Waals surface area contributed by atoms with Gasteiger partial charge < -0.3 is 9.88 Å². The van der Waals surface area contributed by atoms with E-state index in [4.69, 9.17) is 0 Å². The first-order valence-corrected chi connectivity index (χ1v) is 10.2. The lowest BCUT2D eigenvalue weighted by atomic mass is 9.82. The topological polar surface area (TPSA) is 83.9 Å². The van der Waals surface area contributed by atoms with Crippen LogP contribution in [0.15, 0.2) is 42.5 Å². The maximum atomic E-state index is 13.3. The van der Waals surface area contributed by atoms with Gasteiger partial charge in [0.15, 0.2) is 5.65 Å². The standard InChI is InChI=1S/C21H21F3N6O/c22-21(23,24)17-9-8-16-18(28-17)30(14-6-7-15-12(10-14)11-25-29-15)19(27-16)20(31)26-13-4-2-1-3-5-13/h1-5,8-9,12,14-15,25,29H,6-7,10-11H2,(H,26,31). The van der Waals surface area contributed by atoms with E-state index >= 15 is 0 Å². The molecular formula is C21H21F3N6O. The van der Waals surface area contributed by atoms with Crippen LogP contribution in [0.25, 0.3) is 11.2 Å². The number of alkyl halides is 3. The molecule has 2 fully saturated rings. The third-order valence-electron chi connectivity index (χ3n) is 6.03. The summed E-state index contributed by atoms with van der Waals surface area (Å²) in [6, 6.07) is 11.2. The third-order valence-corrected chi connectivity index (χ3v) is 6.03. The van der Waals surface area contributed by atoms with Crippen molar-refractivity contribution in [1.82, 2.24) is 25.4 Å². The Bertz CT molecular complexity index is 1110. The first-order chi connectivity index (χ1) is 14.9. The molecule has 0 radical (unpaired) electrons. The summed E-state index contributed by atoms with van der Waals surface area (Å²) in [5.41, 5.74) is 6.35. The second-order valence-electron chi connectivity index (χ2n) is 8.02. The molecule has 0 bridgehead atoms. The van der Waals surface area contributed by atoms with E-state index in [0.717, 1.165) is 25.5 Å². The van der Waals surface area contributed by atoms with Gasteiger partial charge in [0, 0.05) is 24.3 Å². The molecule has 0 spiro atoms. The maximum Gasteiger partial charge on any atom is 0.433 e. The molecule has 3 atom stereocenters. The summed E-state index contributed by atoms with van der Waals surface area (Å²) in [6.45, 7) is 0.778. The Hall–Kier alpha value is -2.98. The summed E-state index contributed by atoms with van der Waals surface area (Å²) in [5.74, 6) is -0.0670. The van der Waals surface area contributed by atoms with Crippen molar-refractivity contribution in [1.29, 1.82) is 0 Å². The zero-order valence-electron chi connectivity index (χ0n) is 16.5. The van der Waals surface area contributed by atoms with E-state index in [-0.39, 0.29) is 23.0 Å². The first-order valence-electron chi connectivity index (χ1n) is 10.2. The van der Waals surface area contributed by atoms with Gasteiger partial charge in [-0.25, -0.2) is 9.97 Å². The van der Waals surface area contributed by atoms with Crippen molar-refractivity contribution in [3.8, 4) is 0 Å². The summed E-state index contributed by atoms with van der Waals surface area (Å²) < 4.78 is 41.6. The van der Waals surface area contributed by atoms with Crippen molar-refractivity contribution in [3.63, 3.8) is 0 Å². The highest BCUT2D eigenvalue weighted by Gasteiger charge is 2.38. The molecule has 1 aliphatic carbocycles. The summed E-state index contributed by atoms with van der Waals surface area (Å²) in [5, 5.41) is 2.79. The van der Waals surface area contributed by atoms with Crippen LogP contribution in [0.5, 0.6) is 0 Å². The fraction of sp³-hybridized carbons (Fsp3) is 0.381. The van der Waals surface area contributed by atoms with Crippen LogP contribution in [0.2, 0.25) is 0 Å². The van der Waals surface area contributed by atoms with Crippen molar-refractivity contribution in [3.05, 3.63) is 54.0 Å². The van der Waals surface area contributed by atoms with Crippen LogP contribution in [0.4, 0.5) is 18.9 Å². The van der Waals surface area contributed by atoms with Gasteiger partial charge in [-0.2, -0.15) is 13.2 Å². The zero-order chi connectivity index (χ0) is 21.6. The quantitative estimate of drug-likeness (QED) is 0.592. The Labute approximate surface area is 176 Å². The molecule has 3 heterocycles. The number of fused-ring (bicyclic) bond motifs is 2. The highest BCUT2D eigenvalue weighted by Crippen LogP contribution is 2.37. The number of pyridine rings is 1. The minimum absolute atomic E-state index is 0.0769. The van der Waals surface area contributed by atoms with Gasteiger partial charge in [0.2, 0.25) is 5.82 Å². The number of halogens is 3. The number of hydrazine groups is 1. The number of carbonyl (C=O) groups is 1. The SMILES string of the molecule is O=C(Nc1ccccc1)c1nc2ccc(C(F)(F)F)nc2n1C1CCC2NNCC2C1. The van der Waals surface area contributed by atoms with Crippen molar-refractivity contribution in [2.75, 3.05) is 11.9 Å². The maximum absolute atomic E-state index is 13.3. The number of aromatic nitrogens is 3. The monoisotopic (exact) mass is 430 g/mol. The van der Waals surface area contributed by atoms with Gasteiger partial charge in [-0.3, -0.25) is 15.6 Å². The lowest BCUT2D eigenvalue weighted by Gasteiger charge is -2.32. The summed E-state index contributed by atoms with van der Waals surface area (Å²) in [6.07, 6.45) is -2.29. The van der Waals surface area contributed by atoms with Crippen LogP contribution >= 0.6 is 0 Å². The van der Waals surface area contributed by atoms with Gasteiger partial charge in [0.25, 0.3) is 5.91 Å². The lowest BCUT2D eigenvalue weighted by molar-refractivity contribution is -0.141. The first kappa shape index (κ1) is 20.0. The Morgan fingerprint density at radius 2 is 1.90 bits per heavy atom. The highest BCUT2D eigenvalue weighted by molar-refractivity contribution is 6.03. The molecule has 2 aromatic heterocycles. The number of anilines is 1. The number of hydrogen-bond acceptors (Lipinski definition) is 5. The van der Waals surface area contributed by atoms with E-state index in [9.17, 15) is 18.0 Å². The van der Waals surface area contributed by atoms with Crippen LogP contribution in [-0.2, 0) is 6.18 Å². The lowest BCUT2D eigenvalue weighted by Crippen LogP contribution is -2.36. The second-order valence-corrected chi connectivity index (χ2v) is 8.02. The number of nitrogens with zero attached hydrogens (tertiary/aromatic N) is 3. The van der Waals surface area contributed by atoms with E-state index in [2.05, 4.69) is 26.1 Å². The molecule has 1 aliphatic heterocycles. The van der Waals surface area contributed by atoms with Crippen LogP contribution in [0, 0.1) is 5.92 Å². The van der Waals surface area contributed by atoms with E-state index < -0.39 is 17.8 Å². The van der Waals surface area contributed by atoms with E-state index in [1.165, 1.54) is 6.07 Å². The molecule has 10 heteroatoms. The molecule has 1 amide bonds. The highest BCUT2D eigenvalue weighted by atomic mass is 19.4. The van der Waals surface area contributed by atoms with Gasteiger partial charge in [0.1, 0.15) is 11.2 Å². The Kier molecular flexibility index (Phi) is 4.90.